The molecule has 0 aromatic heterocycles. The SMILES string of the molecule is C/C(O)=C(\C#N)[N+](C)=Cc1ccccc1.O=S(=O)([O-])F. The number of hydrogen-bond acceptors (Lipinski definition) is 5. The van der Waals surface area contributed by atoms with E-state index < -0.39 is 10.5 Å². The standard InChI is InChI=1S/C12H12N2O.FHO3S/c1-10(15)12(8-13)14(2)9-11-6-4-3-5-7-11;1-5(2,3)4/h3-7,9H,1-2H3;(H,2,3,4)/b12-10-,14-9?;. The Kier molecular flexibility index (Phi) is 7.14. The van der Waals surface area contributed by atoms with Gasteiger partial charge in [-0.3, -0.25) is 0 Å². The Labute approximate surface area is 116 Å². The number of halogens is 1. The van der Waals surface area contributed by atoms with E-state index >= 15 is 0 Å². The van der Waals surface area contributed by atoms with Crippen LogP contribution >= 0.6 is 0 Å². The molecule has 0 bridgehead atoms. The zero-order chi connectivity index (χ0) is 15.8. The summed E-state index contributed by atoms with van der Waals surface area (Å²) in [6, 6.07) is 11.6. The zero-order valence-corrected chi connectivity index (χ0v) is 11.6. The number of nitriles is 1. The van der Waals surface area contributed by atoms with Crippen LogP contribution in [0.2, 0.25) is 0 Å². The third-order valence-electron chi connectivity index (χ3n) is 1.94. The summed E-state index contributed by atoms with van der Waals surface area (Å²) in [6.07, 6.45) is 1.79. The van der Waals surface area contributed by atoms with Crippen molar-refractivity contribution in [1.29, 1.82) is 5.26 Å². The van der Waals surface area contributed by atoms with Crippen LogP contribution in [-0.2, 0) is 10.5 Å². The van der Waals surface area contributed by atoms with Crippen molar-refractivity contribution in [2.75, 3.05) is 7.05 Å². The van der Waals surface area contributed by atoms with Crippen LogP contribution in [0.25, 0.3) is 0 Å². The molecule has 0 saturated heterocycles. The van der Waals surface area contributed by atoms with Gasteiger partial charge in [-0.05, 0) is 12.1 Å². The minimum Gasteiger partial charge on any atom is -0.722 e. The fourth-order valence-corrected chi connectivity index (χ4v) is 1.24. The van der Waals surface area contributed by atoms with E-state index in [1.54, 1.807) is 17.8 Å². The van der Waals surface area contributed by atoms with Crippen molar-refractivity contribution in [3.63, 3.8) is 0 Å². The van der Waals surface area contributed by atoms with Gasteiger partial charge in [0.15, 0.2) is 18.0 Å². The van der Waals surface area contributed by atoms with Crippen LogP contribution < -0.4 is 0 Å². The summed E-state index contributed by atoms with van der Waals surface area (Å²) in [7, 11) is -3.69. The number of aliphatic hydroxyl groups is 1. The molecule has 6 nitrogen and oxygen atoms in total. The molecule has 1 aromatic carbocycles. The molecule has 0 aliphatic rings. The highest BCUT2D eigenvalue weighted by Crippen LogP contribution is 2.01. The van der Waals surface area contributed by atoms with E-state index in [4.69, 9.17) is 18.2 Å². The highest BCUT2D eigenvalue weighted by atomic mass is 32.3. The van der Waals surface area contributed by atoms with Gasteiger partial charge >= 0.3 is 5.70 Å². The fraction of sp³-hybridized carbons (Fsp3) is 0.167. The van der Waals surface area contributed by atoms with E-state index in [1.165, 1.54) is 6.92 Å². The molecule has 8 heteroatoms. The van der Waals surface area contributed by atoms with Gasteiger partial charge < -0.3 is 9.66 Å². The molecule has 0 heterocycles. The summed E-state index contributed by atoms with van der Waals surface area (Å²) in [6.45, 7) is 1.49. The van der Waals surface area contributed by atoms with E-state index in [9.17, 15) is 8.99 Å². The van der Waals surface area contributed by atoms with Crippen molar-refractivity contribution in [2.45, 2.75) is 6.92 Å². The molecule has 0 aliphatic carbocycles. The van der Waals surface area contributed by atoms with Gasteiger partial charge in [0.1, 0.15) is 7.05 Å². The van der Waals surface area contributed by atoms with Crippen molar-refractivity contribution >= 4 is 16.7 Å². The summed E-state index contributed by atoms with van der Waals surface area (Å²) in [5.74, 6) is 0.0205. The van der Waals surface area contributed by atoms with Crippen LogP contribution in [0.1, 0.15) is 12.5 Å². The zero-order valence-electron chi connectivity index (χ0n) is 10.8. The lowest BCUT2D eigenvalue weighted by molar-refractivity contribution is -0.433. The second-order valence-corrected chi connectivity index (χ2v) is 4.38. The van der Waals surface area contributed by atoms with Gasteiger partial charge in [0.05, 0.1) is 0 Å². The molecule has 0 unspecified atom stereocenters. The van der Waals surface area contributed by atoms with E-state index in [1.807, 2.05) is 36.4 Å². The molecule has 0 aliphatic heterocycles. The largest absolute Gasteiger partial charge is 0.722 e. The van der Waals surface area contributed by atoms with Crippen molar-refractivity contribution in [3.8, 4) is 6.07 Å². The van der Waals surface area contributed by atoms with Gasteiger partial charge in [-0.1, -0.05) is 18.2 Å². The molecule has 1 rings (SSSR count). The summed E-state index contributed by atoms with van der Waals surface area (Å²) in [4.78, 5) is 0. The smallest absolute Gasteiger partial charge is 0.320 e. The Bertz CT molecular complexity index is 634. The maximum atomic E-state index is 10.1. The lowest BCUT2D eigenvalue weighted by atomic mass is 10.2. The van der Waals surface area contributed by atoms with Crippen molar-refractivity contribution in [1.82, 2.24) is 0 Å². The molecular weight excluding hydrogens is 287 g/mol. The quantitative estimate of drug-likeness (QED) is 0.222. The van der Waals surface area contributed by atoms with Crippen LogP contribution in [0.5, 0.6) is 0 Å². The predicted octanol–water partition coefficient (Wildman–Crippen LogP) is 1.48. The second-order valence-electron chi connectivity index (χ2n) is 3.59. The van der Waals surface area contributed by atoms with Gasteiger partial charge in [-0.2, -0.15) is 9.84 Å². The first-order chi connectivity index (χ1) is 9.15. The Morgan fingerprint density at radius 1 is 1.45 bits per heavy atom. The van der Waals surface area contributed by atoms with Crippen LogP contribution in [0.4, 0.5) is 3.89 Å². The molecule has 0 radical (unpaired) electrons. The lowest BCUT2D eigenvalue weighted by Crippen LogP contribution is -2.08. The Morgan fingerprint density at radius 2 is 1.90 bits per heavy atom. The first-order valence-electron chi connectivity index (χ1n) is 5.23. The van der Waals surface area contributed by atoms with E-state index in [2.05, 4.69) is 0 Å². The molecule has 0 atom stereocenters. The van der Waals surface area contributed by atoms with E-state index in [0.29, 0.717) is 0 Å². The number of allylic oxidation sites excluding steroid dienone is 2. The molecule has 1 aromatic rings. The molecule has 0 amide bonds. The van der Waals surface area contributed by atoms with Gasteiger partial charge in [-0.25, -0.2) is 8.42 Å². The van der Waals surface area contributed by atoms with Crippen molar-refractivity contribution in [2.24, 2.45) is 0 Å². The van der Waals surface area contributed by atoms with Crippen LogP contribution in [0, 0.1) is 11.3 Å². The van der Waals surface area contributed by atoms with Crippen LogP contribution in [-0.4, -0.2) is 35.9 Å². The number of benzene rings is 1. The van der Waals surface area contributed by atoms with E-state index in [-0.39, 0.29) is 11.5 Å². The average Bonchev–Trinajstić information content (AvgIpc) is 2.28. The minimum absolute atomic E-state index is 0.0205. The molecule has 0 spiro atoms. The molecule has 20 heavy (non-hydrogen) atoms. The summed E-state index contributed by atoms with van der Waals surface area (Å²) < 4.78 is 36.9. The number of nitrogens with zero attached hydrogens (tertiary/aromatic N) is 2. The normalized spacial score (nSPS) is 12.7. The monoisotopic (exact) mass is 300 g/mol. The van der Waals surface area contributed by atoms with Crippen LogP contribution in [0.3, 0.4) is 0 Å². The van der Waals surface area contributed by atoms with Gasteiger partial charge in [-0.15, -0.1) is 3.89 Å². The Morgan fingerprint density at radius 3 is 2.25 bits per heavy atom. The lowest BCUT2D eigenvalue weighted by Gasteiger charge is -1.95. The van der Waals surface area contributed by atoms with Gasteiger partial charge in [0, 0.05) is 12.5 Å². The Hall–Kier alpha value is -2.24. The molecular formula is C12H13FN2O4S. The fourth-order valence-electron chi connectivity index (χ4n) is 1.24. The van der Waals surface area contributed by atoms with Gasteiger partial charge in [0.2, 0.25) is 0 Å². The molecule has 108 valence electrons. The molecule has 0 fully saturated rings. The van der Waals surface area contributed by atoms with Gasteiger partial charge in [0.25, 0.3) is 10.5 Å². The minimum atomic E-state index is -5.42. The van der Waals surface area contributed by atoms with E-state index in [0.717, 1.165) is 5.56 Å². The number of rotatable bonds is 2. The predicted molar refractivity (Wildman–Crippen MR) is 69.5 cm³/mol. The highest BCUT2D eigenvalue weighted by Gasteiger charge is 2.11. The second kappa shape index (κ2) is 8.04. The maximum absolute atomic E-state index is 10.1. The number of hydrogen-bond donors (Lipinski definition) is 1. The summed E-state index contributed by atoms with van der Waals surface area (Å²) in [5, 5.41) is 18.1. The first-order valence-corrected chi connectivity index (χ1v) is 6.54. The maximum Gasteiger partial charge on any atom is 0.320 e. The molecule has 0 saturated carbocycles. The van der Waals surface area contributed by atoms with Crippen LogP contribution in [0.15, 0.2) is 41.8 Å². The highest BCUT2D eigenvalue weighted by molar-refractivity contribution is 7.80. The Balaban J connectivity index is 0.000000621. The number of aliphatic hydroxyl groups excluding tert-OH is 1. The first kappa shape index (κ1) is 17.8. The third-order valence-corrected chi connectivity index (χ3v) is 1.94. The summed E-state index contributed by atoms with van der Waals surface area (Å²) >= 11 is 0. The van der Waals surface area contributed by atoms with Crippen molar-refractivity contribution < 1.29 is 26.5 Å². The summed E-state index contributed by atoms with van der Waals surface area (Å²) in [5.41, 5.74) is 1.23. The third kappa shape index (κ3) is 8.79. The topological polar surface area (TPSA) is 104 Å². The molecule has 1 N–H and O–H groups in total. The van der Waals surface area contributed by atoms with Crippen molar-refractivity contribution in [3.05, 3.63) is 47.4 Å². The average molecular weight is 300 g/mol.